The monoisotopic (exact) mass is 335 g/mol. The normalized spacial score (nSPS) is 21.5. The van der Waals surface area contributed by atoms with Crippen molar-refractivity contribution in [2.24, 2.45) is 5.92 Å². The quantitative estimate of drug-likeness (QED) is 0.458. The van der Waals surface area contributed by atoms with Crippen LogP contribution >= 0.6 is 0 Å². The average molecular weight is 335 g/mol. The average Bonchev–Trinajstić information content (AvgIpc) is 2.58. The topological polar surface area (TPSA) is 50.1 Å². The number of hydrogen-bond acceptors (Lipinski definition) is 3. The van der Waals surface area contributed by atoms with E-state index in [1.54, 1.807) is 0 Å². The Morgan fingerprint density at radius 2 is 1.92 bits per heavy atom. The van der Waals surface area contributed by atoms with Crippen molar-refractivity contribution in [1.82, 2.24) is 0 Å². The van der Waals surface area contributed by atoms with Gasteiger partial charge in [0.15, 0.2) is 17.5 Å². The zero-order valence-electron chi connectivity index (χ0n) is 12.8. The third-order valence-corrected chi connectivity index (χ3v) is 3.88. The molecule has 0 unspecified atom stereocenters. The standard InChI is InChI=1S/C18H16F3NO2/c19-14(11-22)3-1-2-12-4-7-15(8-5-12)24-18(23)13-6-9-16(20)17(21)10-13/h1-3,6,9-10,12,15H,4-5,7-8H2/t12-,15-. The molecule has 1 aromatic carbocycles. The van der Waals surface area contributed by atoms with Gasteiger partial charge in [-0.3, -0.25) is 0 Å². The minimum absolute atomic E-state index is 0.0203. The van der Waals surface area contributed by atoms with Crippen molar-refractivity contribution >= 4 is 5.97 Å². The van der Waals surface area contributed by atoms with Crippen molar-refractivity contribution in [3.63, 3.8) is 0 Å². The van der Waals surface area contributed by atoms with Gasteiger partial charge in [0.05, 0.1) is 5.56 Å². The largest absolute Gasteiger partial charge is 0.459 e. The maximum absolute atomic E-state index is 13.1. The van der Waals surface area contributed by atoms with E-state index in [1.165, 1.54) is 18.2 Å². The number of esters is 1. The number of nitriles is 1. The molecule has 1 aliphatic rings. The lowest BCUT2D eigenvalue weighted by Gasteiger charge is -2.26. The van der Waals surface area contributed by atoms with E-state index < -0.39 is 23.4 Å². The molecule has 0 heterocycles. The van der Waals surface area contributed by atoms with Gasteiger partial charge < -0.3 is 4.74 Å². The summed E-state index contributed by atoms with van der Waals surface area (Å²) in [6, 6.07) is 4.29. The minimum atomic E-state index is -1.09. The van der Waals surface area contributed by atoms with Crippen LogP contribution in [0.2, 0.25) is 0 Å². The molecule has 1 aliphatic carbocycles. The van der Waals surface area contributed by atoms with Crippen LogP contribution in [0.5, 0.6) is 0 Å². The third kappa shape index (κ3) is 4.98. The number of carbonyl (C=O) groups excluding carboxylic acids is 1. The molecule has 0 atom stereocenters. The molecule has 0 aromatic heterocycles. The van der Waals surface area contributed by atoms with Crippen LogP contribution in [-0.2, 0) is 4.74 Å². The zero-order valence-corrected chi connectivity index (χ0v) is 12.8. The Bertz CT molecular complexity index is 699. The third-order valence-electron chi connectivity index (χ3n) is 3.88. The lowest BCUT2D eigenvalue weighted by Crippen LogP contribution is -2.24. The first-order valence-corrected chi connectivity index (χ1v) is 7.59. The van der Waals surface area contributed by atoms with Gasteiger partial charge >= 0.3 is 5.97 Å². The molecule has 126 valence electrons. The second-order valence-electron chi connectivity index (χ2n) is 5.58. The van der Waals surface area contributed by atoms with Gasteiger partial charge in [0.2, 0.25) is 0 Å². The highest BCUT2D eigenvalue weighted by atomic mass is 19.2. The number of hydrogen-bond donors (Lipinski definition) is 0. The van der Waals surface area contributed by atoms with E-state index in [2.05, 4.69) is 0 Å². The molecular weight excluding hydrogens is 319 g/mol. The lowest BCUT2D eigenvalue weighted by molar-refractivity contribution is 0.0184. The molecule has 3 nitrogen and oxygen atoms in total. The Labute approximate surface area is 138 Å². The molecule has 0 N–H and O–H groups in total. The molecule has 0 spiro atoms. The van der Waals surface area contributed by atoms with Crippen molar-refractivity contribution in [1.29, 1.82) is 5.26 Å². The number of allylic oxidation sites excluding steroid dienone is 4. The van der Waals surface area contributed by atoms with E-state index in [9.17, 15) is 18.0 Å². The Hall–Kier alpha value is -2.55. The summed E-state index contributed by atoms with van der Waals surface area (Å²) in [5.74, 6) is -3.39. The van der Waals surface area contributed by atoms with Crippen LogP contribution in [0.4, 0.5) is 13.2 Å². The molecule has 0 bridgehead atoms. The van der Waals surface area contributed by atoms with Crippen LogP contribution in [0.15, 0.2) is 42.3 Å². The van der Waals surface area contributed by atoms with Crippen LogP contribution in [0.1, 0.15) is 36.0 Å². The SMILES string of the molecule is N#CC(F)=CC=C[C@H]1CC[C@H](OC(=O)c2ccc(F)c(F)c2)CC1. The second kappa shape index (κ2) is 8.34. The van der Waals surface area contributed by atoms with E-state index in [0.29, 0.717) is 12.8 Å². The summed E-state index contributed by atoms with van der Waals surface area (Å²) in [7, 11) is 0. The summed E-state index contributed by atoms with van der Waals surface area (Å²) in [5, 5.41) is 8.30. The molecule has 1 saturated carbocycles. The van der Waals surface area contributed by atoms with Crippen molar-refractivity contribution in [3.05, 3.63) is 59.5 Å². The Kier molecular flexibility index (Phi) is 6.19. The fraction of sp³-hybridized carbons (Fsp3) is 0.333. The number of nitrogens with zero attached hydrogens (tertiary/aromatic N) is 1. The first-order chi connectivity index (χ1) is 11.5. The Morgan fingerprint density at radius 1 is 1.21 bits per heavy atom. The summed E-state index contributed by atoms with van der Waals surface area (Å²) in [6.07, 6.45) is 6.95. The maximum atomic E-state index is 13.1. The number of rotatable bonds is 4. The summed E-state index contributed by atoms with van der Waals surface area (Å²) in [4.78, 5) is 11.9. The second-order valence-corrected chi connectivity index (χ2v) is 5.58. The molecule has 1 fully saturated rings. The summed E-state index contributed by atoms with van der Waals surface area (Å²) >= 11 is 0. The first-order valence-electron chi connectivity index (χ1n) is 7.59. The molecule has 2 rings (SSSR count). The Morgan fingerprint density at radius 3 is 2.54 bits per heavy atom. The highest BCUT2D eigenvalue weighted by molar-refractivity contribution is 5.89. The van der Waals surface area contributed by atoms with Crippen molar-refractivity contribution in [2.45, 2.75) is 31.8 Å². The van der Waals surface area contributed by atoms with Gasteiger partial charge in [-0.05, 0) is 55.9 Å². The fourth-order valence-corrected chi connectivity index (χ4v) is 2.58. The molecule has 0 saturated heterocycles. The van der Waals surface area contributed by atoms with E-state index in [4.69, 9.17) is 10.00 Å². The molecule has 1 aromatic rings. The van der Waals surface area contributed by atoms with Crippen molar-refractivity contribution < 1.29 is 22.7 Å². The van der Waals surface area contributed by atoms with Gasteiger partial charge in [0.25, 0.3) is 0 Å². The minimum Gasteiger partial charge on any atom is -0.459 e. The maximum Gasteiger partial charge on any atom is 0.338 e. The lowest BCUT2D eigenvalue weighted by atomic mass is 9.87. The molecule has 0 radical (unpaired) electrons. The molecular formula is C18H16F3NO2. The van der Waals surface area contributed by atoms with Gasteiger partial charge in [0, 0.05) is 0 Å². The van der Waals surface area contributed by atoms with Crippen LogP contribution in [-0.4, -0.2) is 12.1 Å². The number of carbonyl (C=O) groups is 1. The van der Waals surface area contributed by atoms with E-state index in [0.717, 1.165) is 31.1 Å². The highest BCUT2D eigenvalue weighted by Crippen LogP contribution is 2.28. The van der Waals surface area contributed by atoms with Gasteiger partial charge in [-0.1, -0.05) is 12.2 Å². The molecule has 0 amide bonds. The van der Waals surface area contributed by atoms with Crippen LogP contribution in [0.3, 0.4) is 0 Å². The Balaban J connectivity index is 1.83. The van der Waals surface area contributed by atoms with E-state index in [-0.39, 0.29) is 17.6 Å². The smallest absolute Gasteiger partial charge is 0.338 e. The van der Waals surface area contributed by atoms with Crippen molar-refractivity contribution in [2.75, 3.05) is 0 Å². The van der Waals surface area contributed by atoms with E-state index in [1.807, 2.05) is 6.08 Å². The van der Waals surface area contributed by atoms with Crippen LogP contribution in [0.25, 0.3) is 0 Å². The van der Waals surface area contributed by atoms with Gasteiger partial charge in [-0.2, -0.15) is 9.65 Å². The predicted molar refractivity (Wildman–Crippen MR) is 81.5 cm³/mol. The molecule has 0 aliphatic heterocycles. The highest BCUT2D eigenvalue weighted by Gasteiger charge is 2.23. The first kappa shape index (κ1) is 17.8. The number of ether oxygens (including phenoxy) is 1. The molecule has 24 heavy (non-hydrogen) atoms. The van der Waals surface area contributed by atoms with Crippen molar-refractivity contribution in [3.8, 4) is 6.07 Å². The van der Waals surface area contributed by atoms with Crippen LogP contribution in [0, 0.1) is 28.9 Å². The zero-order chi connectivity index (χ0) is 17.5. The summed E-state index contributed by atoms with van der Waals surface area (Å²) < 4.78 is 43.9. The predicted octanol–water partition coefficient (Wildman–Crippen LogP) is 4.61. The van der Waals surface area contributed by atoms with E-state index >= 15 is 0 Å². The number of benzene rings is 1. The molecule has 6 heteroatoms. The van der Waals surface area contributed by atoms with Gasteiger partial charge in [-0.15, -0.1) is 0 Å². The van der Waals surface area contributed by atoms with Gasteiger partial charge in [0.1, 0.15) is 12.2 Å². The number of halogens is 3. The summed E-state index contributed by atoms with van der Waals surface area (Å²) in [5.41, 5.74) is -0.0203. The van der Waals surface area contributed by atoms with Crippen LogP contribution < -0.4 is 0 Å². The summed E-state index contributed by atoms with van der Waals surface area (Å²) in [6.45, 7) is 0. The fourth-order valence-electron chi connectivity index (χ4n) is 2.58. The van der Waals surface area contributed by atoms with Gasteiger partial charge in [-0.25, -0.2) is 13.6 Å².